The number of sulfone groups is 1. The Balaban J connectivity index is 1.99. The molecule has 1 saturated heterocycles. The quantitative estimate of drug-likeness (QED) is 0.496. The van der Waals surface area contributed by atoms with Crippen LogP contribution in [0.2, 0.25) is 0 Å². The molecule has 2 aromatic rings. The fraction of sp³-hybridized carbons (Fsp3) is 0.400. The van der Waals surface area contributed by atoms with Crippen LogP contribution in [0.1, 0.15) is 42.6 Å². The van der Waals surface area contributed by atoms with E-state index >= 15 is 0 Å². The zero-order chi connectivity index (χ0) is 21.6. The lowest BCUT2D eigenvalue weighted by molar-refractivity contribution is -0.137. The minimum atomic E-state index is -4.64. The Morgan fingerprint density at radius 1 is 1.21 bits per heavy atom. The highest BCUT2D eigenvalue weighted by atomic mass is 32.2. The van der Waals surface area contributed by atoms with E-state index in [4.69, 9.17) is 4.74 Å². The van der Waals surface area contributed by atoms with Gasteiger partial charge in [0.05, 0.1) is 21.3 Å². The van der Waals surface area contributed by atoms with Gasteiger partial charge in [0.25, 0.3) is 0 Å². The molecule has 2 atom stereocenters. The van der Waals surface area contributed by atoms with Crippen LogP contribution in [0.5, 0.6) is 0 Å². The maximum atomic E-state index is 13.7. The predicted molar refractivity (Wildman–Crippen MR) is 103 cm³/mol. The summed E-state index contributed by atoms with van der Waals surface area (Å²) in [5.74, 6) is -0.436. The van der Waals surface area contributed by atoms with E-state index in [1.165, 1.54) is 25.1 Å². The molecule has 158 valence electrons. The van der Waals surface area contributed by atoms with Crippen LogP contribution in [0, 0.1) is 12.7 Å². The summed E-state index contributed by atoms with van der Waals surface area (Å²) in [5, 5.41) is 0. The van der Waals surface area contributed by atoms with E-state index in [2.05, 4.69) is 12.6 Å². The van der Waals surface area contributed by atoms with Gasteiger partial charge in [-0.3, -0.25) is 0 Å². The van der Waals surface area contributed by atoms with Crippen molar-refractivity contribution in [3.8, 4) is 0 Å². The first-order valence-electron chi connectivity index (χ1n) is 8.88. The van der Waals surface area contributed by atoms with Crippen molar-refractivity contribution in [1.29, 1.82) is 0 Å². The summed E-state index contributed by atoms with van der Waals surface area (Å²) in [7, 11) is -4.10. The number of halogens is 4. The largest absolute Gasteiger partial charge is 0.416 e. The van der Waals surface area contributed by atoms with Gasteiger partial charge in [0, 0.05) is 11.5 Å². The second-order valence-electron chi connectivity index (χ2n) is 7.40. The number of alkyl halides is 3. The fourth-order valence-electron chi connectivity index (χ4n) is 3.49. The molecule has 0 N–H and O–H groups in total. The molecule has 3 nitrogen and oxygen atoms in total. The van der Waals surface area contributed by atoms with Gasteiger partial charge in [-0.15, -0.1) is 12.6 Å². The standard InChI is InChI=1S/C20H20F4O3S2/c1-12-16(21)7-6-15(18(12)28)17-11-19(2,8-9-27-17)29(25,26)14-5-3-4-13(10-14)20(22,23)24/h3-7,10,17,28H,8-9,11H2,1-2H3. The van der Waals surface area contributed by atoms with Crippen LogP contribution in [0.15, 0.2) is 46.2 Å². The molecule has 0 saturated carbocycles. The second kappa shape index (κ2) is 7.59. The lowest BCUT2D eigenvalue weighted by Gasteiger charge is -2.38. The summed E-state index contributed by atoms with van der Waals surface area (Å²) in [6.45, 7) is 3.16. The van der Waals surface area contributed by atoms with Crippen molar-refractivity contribution in [3.63, 3.8) is 0 Å². The van der Waals surface area contributed by atoms with Crippen LogP contribution < -0.4 is 0 Å². The highest BCUT2D eigenvalue weighted by Gasteiger charge is 2.46. The molecular formula is C20H20F4O3S2. The molecule has 2 unspecified atom stereocenters. The lowest BCUT2D eigenvalue weighted by atomic mass is 9.91. The average Bonchev–Trinajstić information content (AvgIpc) is 2.65. The third-order valence-electron chi connectivity index (χ3n) is 5.43. The Kier molecular flexibility index (Phi) is 5.79. The van der Waals surface area contributed by atoms with Gasteiger partial charge in [0.2, 0.25) is 0 Å². The molecule has 29 heavy (non-hydrogen) atoms. The molecule has 2 aromatic carbocycles. The van der Waals surface area contributed by atoms with Gasteiger partial charge in [0.1, 0.15) is 5.82 Å². The molecule has 1 aliphatic heterocycles. The Bertz CT molecular complexity index is 1030. The molecule has 0 spiro atoms. The van der Waals surface area contributed by atoms with Crippen LogP contribution in [0.4, 0.5) is 17.6 Å². The zero-order valence-electron chi connectivity index (χ0n) is 15.8. The van der Waals surface area contributed by atoms with Crippen molar-refractivity contribution in [1.82, 2.24) is 0 Å². The molecule has 9 heteroatoms. The van der Waals surface area contributed by atoms with E-state index < -0.39 is 38.2 Å². The van der Waals surface area contributed by atoms with E-state index in [1.807, 2.05) is 0 Å². The normalized spacial score (nSPS) is 23.2. The van der Waals surface area contributed by atoms with Crippen molar-refractivity contribution in [2.75, 3.05) is 6.61 Å². The van der Waals surface area contributed by atoms with Gasteiger partial charge in [-0.05, 0) is 62.1 Å². The summed E-state index contributed by atoms with van der Waals surface area (Å²) < 4.78 is 83.8. The first-order valence-corrected chi connectivity index (χ1v) is 10.8. The summed E-state index contributed by atoms with van der Waals surface area (Å²) in [6.07, 6.45) is -5.16. The van der Waals surface area contributed by atoms with Gasteiger partial charge < -0.3 is 4.74 Å². The topological polar surface area (TPSA) is 43.4 Å². The van der Waals surface area contributed by atoms with Crippen molar-refractivity contribution < 1.29 is 30.7 Å². The SMILES string of the molecule is Cc1c(F)ccc(C2CC(C)(S(=O)(=O)c3cccc(C(F)(F)F)c3)CCO2)c1S. The number of hydrogen-bond donors (Lipinski definition) is 1. The average molecular weight is 449 g/mol. The Morgan fingerprint density at radius 3 is 2.55 bits per heavy atom. The van der Waals surface area contributed by atoms with Crippen molar-refractivity contribution in [3.05, 3.63) is 58.9 Å². The molecule has 0 bridgehead atoms. The van der Waals surface area contributed by atoms with Crippen LogP contribution in [0.25, 0.3) is 0 Å². The number of rotatable bonds is 3. The second-order valence-corrected chi connectivity index (χ2v) is 10.3. The summed E-state index contributed by atoms with van der Waals surface area (Å²) in [6, 6.07) is 6.52. The third kappa shape index (κ3) is 4.04. The van der Waals surface area contributed by atoms with Gasteiger partial charge in [-0.2, -0.15) is 13.2 Å². The van der Waals surface area contributed by atoms with E-state index in [0.717, 1.165) is 12.1 Å². The number of thiol groups is 1. The number of benzene rings is 2. The number of hydrogen-bond acceptors (Lipinski definition) is 4. The minimum Gasteiger partial charge on any atom is -0.373 e. The van der Waals surface area contributed by atoms with Crippen molar-refractivity contribution in [2.24, 2.45) is 0 Å². The molecule has 1 aliphatic rings. The molecule has 0 aromatic heterocycles. The Labute approximate surface area is 172 Å². The fourth-order valence-corrected chi connectivity index (χ4v) is 5.65. The van der Waals surface area contributed by atoms with E-state index in [0.29, 0.717) is 22.1 Å². The van der Waals surface area contributed by atoms with Crippen molar-refractivity contribution in [2.45, 2.75) is 53.5 Å². The summed E-state index contributed by atoms with van der Waals surface area (Å²) in [5.41, 5.74) is -0.141. The van der Waals surface area contributed by atoms with Crippen molar-refractivity contribution >= 4 is 22.5 Å². The summed E-state index contributed by atoms with van der Waals surface area (Å²) in [4.78, 5) is -0.00687. The summed E-state index contributed by atoms with van der Waals surface area (Å²) >= 11 is 4.34. The predicted octanol–water partition coefficient (Wildman–Crippen LogP) is 5.53. The van der Waals surface area contributed by atoms with Gasteiger partial charge in [0.15, 0.2) is 9.84 Å². The molecule has 0 aliphatic carbocycles. The van der Waals surface area contributed by atoms with E-state index in [-0.39, 0.29) is 24.3 Å². The van der Waals surface area contributed by atoms with Gasteiger partial charge in [-0.1, -0.05) is 12.1 Å². The molecule has 3 rings (SSSR count). The molecule has 0 amide bonds. The van der Waals surface area contributed by atoms with Crippen LogP contribution >= 0.6 is 12.6 Å². The Hall–Kier alpha value is -1.58. The van der Waals surface area contributed by atoms with E-state index in [9.17, 15) is 26.0 Å². The first kappa shape index (κ1) is 22.1. The maximum Gasteiger partial charge on any atom is 0.416 e. The smallest absolute Gasteiger partial charge is 0.373 e. The van der Waals surface area contributed by atoms with Crippen LogP contribution in [0.3, 0.4) is 0 Å². The molecule has 1 fully saturated rings. The molecular weight excluding hydrogens is 428 g/mol. The van der Waals surface area contributed by atoms with Gasteiger partial charge >= 0.3 is 6.18 Å². The third-order valence-corrected chi connectivity index (χ3v) is 8.57. The minimum absolute atomic E-state index is 0.0181. The zero-order valence-corrected chi connectivity index (χ0v) is 17.5. The van der Waals surface area contributed by atoms with Crippen LogP contribution in [-0.2, 0) is 20.8 Å². The number of ether oxygens (including phenoxy) is 1. The lowest BCUT2D eigenvalue weighted by Crippen LogP contribution is -2.42. The highest BCUT2D eigenvalue weighted by Crippen LogP contribution is 2.44. The molecule has 0 radical (unpaired) electrons. The first-order chi connectivity index (χ1) is 13.4. The van der Waals surface area contributed by atoms with Gasteiger partial charge in [-0.25, -0.2) is 12.8 Å². The maximum absolute atomic E-state index is 13.7. The molecule has 1 heterocycles. The van der Waals surface area contributed by atoms with E-state index in [1.54, 1.807) is 6.92 Å². The highest BCUT2D eigenvalue weighted by molar-refractivity contribution is 7.92. The van der Waals surface area contributed by atoms with Crippen LogP contribution in [-0.4, -0.2) is 19.8 Å². The Morgan fingerprint density at radius 2 is 1.90 bits per heavy atom. The monoisotopic (exact) mass is 448 g/mol.